The van der Waals surface area contributed by atoms with Gasteiger partial charge in [-0.25, -0.2) is 0 Å². The third-order valence-electron chi connectivity index (χ3n) is 3.87. The Labute approximate surface area is 165 Å². The minimum Gasteiger partial charge on any atom is -0.484 e. The molecule has 148 valence electrons. The zero-order chi connectivity index (χ0) is 20.6. The first-order valence-electron chi connectivity index (χ1n) is 8.59. The van der Waals surface area contributed by atoms with E-state index in [2.05, 4.69) is 10.6 Å². The molecule has 2 N–H and O–H groups in total. The molecule has 0 unspecified atom stereocenters. The molecule has 0 spiro atoms. The van der Waals surface area contributed by atoms with Crippen LogP contribution in [-0.2, 0) is 11.3 Å². The highest BCUT2D eigenvalue weighted by Gasteiger charge is 2.13. The lowest BCUT2D eigenvalue weighted by molar-refractivity contribution is -0.385. The van der Waals surface area contributed by atoms with Crippen LogP contribution in [0.1, 0.15) is 16.1 Å². The number of furan rings is 1. The van der Waals surface area contributed by atoms with E-state index in [1.165, 1.54) is 18.4 Å². The Morgan fingerprint density at radius 3 is 2.66 bits per heavy atom. The van der Waals surface area contributed by atoms with Crippen LogP contribution in [0.3, 0.4) is 0 Å². The Balaban J connectivity index is 1.52. The van der Waals surface area contributed by atoms with Crippen LogP contribution in [-0.4, -0.2) is 23.3 Å². The smallest absolute Gasteiger partial charge is 0.291 e. The lowest BCUT2D eigenvalue weighted by Crippen LogP contribution is -2.28. The maximum Gasteiger partial charge on any atom is 0.291 e. The summed E-state index contributed by atoms with van der Waals surface area (Å²) < 4.78 is 10.5. The summed E-state index contributed by atoms with van der Waals surface area (Å²) in [6.45, 7) is -0.269. The van der Waals surface area contributed by atoms with E-state index in [9.17, 15) is 19.7 Å². The van der Waals surface area contributed by atoms with Gasteiger partial charge in [-0.15, -0.1) is 0 Å². The van der Waals surface area contributed by atoms with E-state index in [1.807, 2.05) is 0 Å². The van der Waals surface area contributed by atoms with E-state index in [1.54, 1.807) is 48.5 Å². The summed E-state index contributed by atoms with van der Waals surface area (Å²) in [7, 11) is 0. The van der Waals surface area contributed by atoms with E-state index in [-0.39, 0.29) is 24.6 Å². The van der Waals surface area contributed by atoms with Crippen LogP contribution in [0.15, 0.2) is 71.3 Å². The van der Waals surface area contributed by atoms with E-state index in [0.717, 1.165) is 0 Å². The third-order valence-corrected chi connectivity index (χ3v) is 3.87. The van der Waals surface area contributed by atoms with Gasteiger partial charge in [-0.3, -0.25) is 19.7 Å². The summed E-state index contributed by atoms with van der Waals surface area (Å²) in [4.78, 5) is 34.5. The molecule has 0 fully saturated rings. The summed E-state index contributed by atoms with van der Waals surface area (Å²) in [6, 6.07) is 15.9. The van der Waals surface area contributed by atoms with Crippen molar-refractivity contribution in [3.8, 4) is 5.75 Å². The molecule has 9 heteroatoms. The standard InChI is InChI=1S/C20H17N3O6/c24-19(21-12-14-5-1-2-8-17(14)23(26)27)13-29-16-7-3-6-15(11-16)22-20(25)18-9-4-10-28-18/h1-11H,12-13H2,(H,21,24)(H,22,25). The molecular formula is C20H17N3O6. The van der Waals surface area contributed by atoms with Gasteiger partial charge in [-0.05, 0) is 24.3 Å². The highest BCUT2D eigenvalue weighted by atomic mass is 16.6. The number of anilines is 1. The van der Waals surface area contributed by atoms with Crippen molar-refractivity contribution in [2.75, 3.05) is 11.9 Å². The number of ether oxygens (including phenoxy) is 1. The topological polar surface area (TPSA) is 124 Å². The Morgan fingerprint density at radius 2 is 1.90 bits per heavy atom. The number of hydrogen-bond acceptors (Lipinski definition) is 6. The van der Waals surface area contributed by atoms with Crippen molar-refractivity contribution < 1.29 is 23.7 Å². The van der Waals surface area contributed by atoms with Crippen LogP contribution in [0.25, 0.3) is 0 Å². The minimum absolute atomic E-state index is 0.0125. The van der Waals surface area contributed by atoms with Gasteiger partial charge in [0.1, 0.15) is 5.75 Å². The van der Waals surface area contributed by atoms with Gasteiger partial charge < -0.3 is 19.8 Å². The van der Waals surface area contributed by atoms with Crippen molar-refractivity contribution in [3.63, 3.8) is 0 Å². The highest BCUT2D eigenvalue weighted by molar-refractivity contribution is 6.02. The monoisotopic (exact) mass is 395 g/mol. The third kappa shape index (κ3) is 5.42. The van der Waals surface area contributed by atoms with Crippen LogP contribution < -0.4 is 15.4 Å². The number of rotatable bonds is 8. The quantitative estimate of drug-likeness (QED) is 0.446. The number of carbonyl (C=O) groups is 2. The lowest BCUT2D eigenvalue weighted by Gasteiger charge is -2.09. The molecule has 9 nitrogen and oxygen atoms in total. The zero-order valence-corrected chi connectivity index (χ0v) is 15.2. The van der Waals surface area contributed by atoms with Crippen molar-refractivity contribution >= 4 is 23.2 Å². The van der Waals surface area contributed by atoms with Crippen LogP contribution in [0.4, 0.5) is 11.4 Å². The number of nitrogens with zero attached hydrogens (tertiary/aromatic N) is 1. The predicted molar refractivity (Wildman–Crippen MR) is 104 cm³/mol. The maximum absolute atomic E-state index is 12.0. The van der Waals surface area contributed by atoms with Crippen molar-refractivity contribution in [2.24, 2.45) is 0 Å². The second-order valence-electron chi connectivity index (χ2n) is 5.91. The van der Waals surface area contributed by atoms with Gasteiger partial charge in [-0.2, -0.15) is 0 Å². The first kappa shape index (κ1) is 19.6. The number of nitro benzene ring substituents is 1. The normalized spacial score (nSPS) is 10.2. The number of para-hydroxylation sites is 1. The summed E-state index contributed by atoms with van der Waals surface area (Å²) in [6.07, 6.45) is 1.40. The van der Waals surface area contributed by atoms with Crippen molar-refractivity contribution in [1.29, 1.82) is 0 Å². The Bertz CT molecular complexity index is 1020. The summed E-state index contributed by atoms with van der Waals surface area (Å²) in [5.41, 5.74) is 0.812. The molecule has 0 aliphatic heterocycles. The highest BCUT2D eigenvalue weighted by Crippen LogP contribution is 2.19. The van der Waals surface area contributed by atoms with Gasteiger partial charge >= 0.3 is 0 Å². The van der Waals surface area contributed by atoms with Crippen molar-refractivity contribution in [1.82, 2.24) is 5.32 Å². The molecule has 0 radical (unpaired) electrons. The Kier molecular flexibility index (Phi) is 6.21. The molecule has 0 atom stereocenters. The molecule has 2 aromatic carbocycles. The van der Waals surface area contributed by atoms with Crippen LogP contribution in [0.2, 0.25) is 0 Å². The van der Waals surface area contributed by atoms with Crippen LogP contribution >= 0.6 is 0 Å². The first-order chi connectivity index (χ1) is 14.0. The molecule has 0 saturated carbocycles. The molecule has 3 rings (SSSR count). The Morgan fingerprint density at radius 1 is 1.07 bits per heavy atom. The van der Waals surface area contributed by atoms with Crippen LogP contribution in [0, 0.1) is 10.1 Å². The molecular weight excluding hydrogens is 378 g/mol. The van der Waals surface area contributed by atoms with Gasteiger partial charge in [0.05, 0.1) is 11.2 Å². The average molecular weight is 395 g/mol. The van der Waals surface area contributed by atoms with E-state index in [0.29, 0.717) is 17.0 Å². The number of nitrogens with one attached hydrogen (secondary N) is 2. The molecule has 0 saturated heterocycles. The molecule has 1 aromatic heterocycles. The fraction of sp³-hybridized carbons (Fsp3) is 0.100. The van der Waals surface area contributed by atoms with Gasteiger partial charge in [0.15, 0.2) is 12.4 Å². The van der Waals surface area contributed by atoms with Gasteiger partial charge in [0.25, 0.3) is 17.5 Å². The largest absolute Gasteiger partial charge is 0.484 e. The molecule has 2 amide bonds. The number of nitro groups is 1. The van der Waals surface area contributed by atoms with Crippen molar-refractivity contribution in [2.45, 2.75) is 6.54 Å². The first-order valence-corrected chi connectivity index (χ1v) is 8.59. The number of hydrogen-bond donors (Lipinski definition) is 2. The zero-order valence-electron chi connectivity index (χ0n) is 15.2. The molecule has 0 aliphatic carbocycles. The number of amides is 2. The van der Waals surface area contributed by atoms with Gasteiger partial charge in [-0.1, -0.05) is 24.3 Å². The average Bonchev–Trinajstić information content (AvgIpc) is 3.26. The summed E-state index contributed by atoms with van der Waals surface area (Å²) in [5.74, 6) is -0.295. The summed E-state index contributed by atoms with van der Waals surface area (Å²) >= 11 is 0. The minimum atomic E-state index is -0.500. The maximum atomic E-state index is 12.0. The van der Waals surface area contributed by atoms with Gasteiger partial charge in [0, 0.05) is 29.9 Å². The second kappa shape index (κ2) is 9.18. The summed E-state index contributed by atoms with van der Waals surface area (Å²) in [5, 5.41) is 16.2. The SMILES string of the molecule is O=C(COc1cccc(NC(=O)c2ccco2)c1)NCc1ccccc1[N+](=O)[O-]. The van der Waals surface area contributed by atoms with Crippen LogP contribution in [0.5, 0.6) is 5.75 Å². The second-order valence-corrected chi connectivity index (χ2v) is 5.91. The fourth-order valence-corrected chi connectivity index (χ4v) is 2.50. The predicted octanol–water partition coefficient (Wildman–Crippen LogP) is 3.14. The van der Waals surface area contributed by atoms with Crippen molar-refractivity contribution in [3.05, 3.63) is 88.4 Å². The van der Waals surface area contributed by atoms with E-state index < -0.39 is 16.7 Å². The Hall–Kier alpha value is -4.14. The molecule has 29 heavy (non-hydrogen) atoms. The fourth-order valence-electron chi connectivity index (χ4n) is 2.50. The van der Waals surface area contributed by atoms with E-state index >= 15 is 0 Å². The molecule has 3 aromatic rings. The lowest BCUT2D eigenvalue weighted by atomic mass is 10.2. The molecule has 0 bridgehead atoms. The number of carbonyl (C=O) groups excluding carboxylic acids is 2. The van der Waals surface area contributed by atoms with E-state index in [4.69, 9.17) is 9.15 Å². The molecule has 0 aliphatic rings. The number of benzene rings is 2. The molecule has 1 heterocycles. The van der Waals surface area contributed by atoms with Gasteiger partial charge in [0.2, 0.25) is 0 Å².